The molecule has 3 aromatic carbocycles. The number of nitrogens with one attached hydrogen (secondary N) is 1. The van der Waals surface area contributed by atoms with E-state index in [1.165, 1.54) is 11.8 Å². The van der Waals surface area contributed by atoms with E-state index >= 15 is 0 Å². The third-order valence-electron chi connectivity index (χ3n) is 7.16. The largest absolute Gasteiger partial charge is 0.494 e. The summed E-state index contributed by atoms with van der Waals surface area (Å²) >= 11 is 1.38. The van der Waals surface area contributed by atoms with Crippen molar-refractivity contribution in [3.63, 3.8) is 0 Å². The predicted molar refractivity (Wildman–Crippen MR) is 158 cm³/mol. The molecule has 1 aliphatic heterocycles. The van der Waals surface area contributed by atoms with Crippen molar-refractivity contribution in [1.29, 1.82) is 0 Å². The van der Waals surface area contributed by atoms with Crippen LogP contribution in [0.5, 0.6) is 5.75 Å². The van der Waals surface area contributed by atoms with Crippen molar-refractivity contribution in [2.45, 2.75) is 37.6 Å². The van der Waals surface area contributed by atoms with E-state index in [1.54, 1.807) is 11.8 Å². The predicted octanol–water partition coefficient (Wildman–Crippen LogP) is 6.09. The first-order valence-corrected chi connectivity index (χ1v) is 14.2. The van der Waals surface area contributed by atoms with Gasteiger partial charge in [0.1, 0.15) is 5.75 Å². The normalized spacial score (nSPS) is 13.4. The maximum Gasteiger partial charge on any atom is 0.223 e. The maximum atomic E-state index is 13.6. The molecule has 1 N–H and O–H groups in total. The van der Waals surface area contributed by atoms with Crippen LogP contribution in [0.3, 0.4) is 0 Å². The summed E-state index contributed by atoms with van der Waals surface area (Å²) in [6.45, 7) is 6.65. The number of benzene rings is 3. The van der Waals surface area contributed by atoms with Gasteiger partial charge in [-0.1, -0.05) is 30.0 Å². The standard InChI is InChI=1S/C31H29N5O3S/c1-4-39-24-12-10-23(11-13-24)36-30(26-18-32-27-8-6-5-7-25(26)27)33-34-31(36)40-19(2)29(38)22-9-14-28-21(17-22)15-16-35(28)20(3)37/h5-14,17-19,32H,4,15-16H2,1-3H3. The van der Waals surface area contributed by atoms with Gasteiger partial charge in [-0.05, 0) is 74.4 Å². The zero-order valence-electron chi connectivity index (χ0n) is 22.5. The van der Waals surface area contributed by atoms with E-state index < -0.39 is 5.25 Å². The van der Waals surface area contributed by atoms with Crippen LogP contribution < -0.4 is 9.64 Å². The first kappa shape index (κ1) is 25.9. The number of anilines is 1. The smallest absolute Gasteiger partial charge is 0.223 e. The molecule has 2 aromatic heterocycles. The number of nitrogens with zero attached hydrogens (tertiary/aromatic N) is 4. The lowest BCUT2D eigenvalue weighted by atomic mass is 10.0. The highest BCUT2D eigenvalue weighted by Gasteiger charge is 2.27. The molecule has 5 aromatic rings. The van der Waals surface area contributed by atoms with Crippen LogP contribution in [-0.2, 0) is 11.2 Å². The minimum Gasteiger partial charge on any atom is -0.494 e. The van der Waals surface area contributed by atoms with E-state index in [4.69, 9.17) is 4.74 Å². The molecule has 3 heterocycles. The SMILES string of the molecule is CCOc1ccc(-n2c(SC(C)C(=O)c3ccc4c(c3)CCN4C(C)=O)nnc2-c2c[nH]c3ccccc23)cc1. The number of carbonyl (C=O) groups excluding carboxylic acids is 2. The molecular formula is C31H29N5O3S. The first-order valence-electron chi connectivity index (χ1n) is 13.3. The Morgan fingerprint density at radius 2 is 1.88 bits per heavy atom. The fourth-order valence-corrected chi connectivity index (χ4v) is 6.14. The van der Waals surface area contributed by atoms with Gasteiger partial charge in [-0.15, -0.1) is 10.2 Å². The van der Waals surface area contributed by atoms with Crippen molar-refractivity contribution in [3.8, 4) is 22.8 Å². The first-order chi connectivity index (χ1) is 19.4. The molecule has 1 unspecified atom stereocenters. The van der Waals surface area contributed by atoms with Crippen LogP contribution in [0.25, 0.3) is 28.0 Å². The average Bonchev–Trinajstić information content (AvgIpc) is 3.69. The minimum absolute atomic E-state index is 0.00367. The number of amides is 1. The van der Waals surface area contributed by atoms with Gasteiger partial charge in [0.2, 0.25) is 5.91 Å². The second-order valence-corrected chi connectivity index (χ2v) is 11.0. The highest BCUT2D eigenvalue weighted by molar-refractivity contribution is 8.00. The van der Waals surface area contributed by atoms with Crippen molar-refractivity contribution >= 4 is 40.0 Å². The molecule has 0 spiro atoms. The van der Waals surface area contributed by atoms with Gasteiger partial charge < -0.3 is 14.6 Å². The summed E-state index contributed by atoms with van der Waals surface area (Å²) in [5.74, 6) is 1.49. The lowest BCUT2D eigenvalue weighted by Gasteiger charge is -2.16. The Balaban J connectivity index is 1.35. The second kappa shape index (κ2) is 10.7. The number of para-hydroxylation sites is 1. The Morgan fingerprint density at radius 3 is 2.65 bits per heavy atom. The van der Waals surface area contributed by atoms with Gasteiger partial charge in [-0.25, -0.2) is 0 Å². The average molecular weight is 552 g/mol. The van der Waals surface area contributed by atoms with Gasteiger partial charge in [0, 0.05) is 53.1 Å². The molecule has 8 nitrogen and oxygen atoms in total. The number of Topliss-reactive ketones (excluding diaryl/α,β-unsaturated/α-hetero) is 1. The Labute approximate surface area is 236 Å². The molecule has 202 valence electrons. The zero-order chi connectivity index (χ0) is 27.8. The molecular weight excluding hydrogens is 522 g/mol. The number of fused-ring (bicyclic) bond motifs is 2. The highest BCUT2D eigenvalue weighted by Crippen LogP contribution is 2.35. The van der Waals surface area contributed by atoms with Crippen LogP contribution >= 0.6 is 11.8 Å². The number of thioether (sulfide) groups is 1. The molecule has 40 heavy (non-hydrogen) atoms. The van der Waals surface area contributed by atoms with Gasteiger partial charge in [-0.3, -0.25) is 14.2 Å². The van der Waals surface area contributed by atoms with E-state index in [-0.39, 0.29) is 11.7 Å². The van der Waals surface area contributed by atoms with Crippen LogP contribution in [0, 0.1) is 0 Å². The van der Waals surface area contributed by atoms with E-state index in [1.807, 2.05) is 85.3 Å². The van der Waals surface area contributed by atoms with Crippen LogP contribution in [-0.4, -0.2) is 49.8 Å². The molecule has 6 rings (SSSR count). The van der Waals surface area contributed by atoms with Crippen LogP contribution in [0.4, 0.5) is 5.69 Å². The summed E-state index contributed by atoms with van der Waals surface area (Å²) < 4.78 is 7.64. The molecule has 0 saturated heterocycles. The number of H-pyrrole nitrogens is 1. The van der Waals surface area contributed by atoms with Crippen molar-refractivity contribution in [3.05, 3.63) is 84.1 Å². The second-order valence-electron chi connectivity index (χ2n) is 9.70. The lowest BCUT2D eigenvalue weighted by Crippen LogP contribution is -2.25. The van der Waals surface area contributed by atoms with E-state index in [2.05, 4.69) is 21.2 Å². The Hall–Kier alpha value is -4.37. The number of aromatic amines is 1. The molecule has 0 aliphatic carbocycles. The van der Waals surface area contributed by atoms with Gasteiger partial charge in [-0.2, -0.15) is 0 Å². The number of hydrogen-bond acceptors (Lipinski definition) is 6. The summed E-state index contributed by atoms with van der Waals surface area (Å²) in [4.78, 5) is 30.6. The fraction of sp³-hybridized carbons (Fsp3) is 0.226. The van der Waals surface area contributed by atoms with Crippen LogP contribution in [0.15, 0.2) is 78.1 Å². The quantitative estimate of drug-likeness (QED) is 0.185. The molecule has 1 amide bonds. The highest BCUT2D eigenvalue weighted by atomic mass is 32.2. The lowest BCUT2D eigenvalue weighted by molar-refractivity contribution is -0.116. The van der Waals surface area contributed by atoms with Gasteiger partial charge >= 0.3 is 0 Å². The summed E-state index contributed by atoms with van der Waals surface area (Å²) in [6.07, 6.45) is 2.69. The number of aromatic nitrogens is 4. The summed E-state index contributed by atoms with van der Waals surface area (Å²) in [5, 5.41) is 10.4. The fourth-order valence-electron chi connectivity index (χ4n) is 5.20. The number of carbonyl (C=O) groups is 2. The minimum atomic E-state index is -0.412. The van der Waals surface area contributed by atoms with Gasteiger partial charge in [0.05, 0.1) is 11.9 Å². The number of ketones is 1. The Bertz CT molecular complexity index is 1720. The summed E-state index contributed by atoms with van der Waals surface area (Å²) in [5.41, 5.74) is 5.36. The van der Waals surface area contributed by atoms with Crippen LogP contribution in [0.2, 0.25) is 0 Å². The topological polar surface area (TPSA) is 93.1 Å². The summed E-state index contributed by atoms with van der Waals surface area (Å²) in [6, 6.07) is 21.5. The number of rotatable bonds is 8. The van der Waals surface area contributed by atoms with Gasteiger partial charge in [0.15, 0.2) is 16.8 Å². The van der Waals surface area contributed by atoms with E-state index in [9.17, 15) is 9.59 Å². The molecule has 1 atom stereocenters. The number of ether oxygens (including phenoxy) is 1. The number of hydrogen-bond donors (Lipinski definition) is 1. The van der Waals surface area contributed by atoms with Crippen molar-refractivity contribution in [2.75, 3.05) is 18.1 Å². The van der Waals surface area contributed by atoms with Gasteiger partial charge in [0.25, 0.3) is 0 Å². The molecule has 1 aliphatic rings. The third-order valence-corrected chi connectivity index (χ3v) is 8.20. The van der Waals surface area contributed by atoms with Crippen molar-refractivity contribution in [1.82, 2.24) is 19.7 Å². The monoisotopic (exact) mass is 551 g/mol. The molecule has 9 heteroatoms. The Morgan fingerprint density at radius 1 is 1.07 bits per heavy atom. The van der Waals surface area contributed by atoms with E-state index in [0.29, 0.717) is 29.7 Å². The Kier molecular flexibility index (Phi) is 6.89. The third kappa shape index (κ3) is 4.66. The summed E-state index contributed by atoms with van der Waals surface area (Å²) in [7, 11) is 0. The van der Waals surface area contributed by atoms with Crippen molar-refractivity contribution < 1.29 is 14.3 Å². The van der Waals surface area contributed by atoms with E-state index in [0.717, 1.165) is 45.6 Å². The molecule has 0 radical (unpaired) electrons. The zero-order valence-corrected chi connectivity index (χ0v) is 23.4. The molecule has 0 bridgehead atoms. The van der Waals surface area contributed by atoms with Crippen LogP contribution in [0.1, 0.15) is 36.7 Å². The maximum absolute atomic E-state index is 13.6. The van der Waals surface area contributed by atoms with Crippen molar-refractivity contribution in [2.24, 2.45) is 0 Å². The molecule has 0 fully saturated rings. The molecule has 0 saturated carbocycles.